The number of rotatable bonds is 11. The van der Waals surface area contributed by atoms with E-state index in [9.17, 15) is 0 Å². The molecule has 1 heterocycles. The van der Waals surface area contributed by atoms with Crippen molar-refractivity contribution in [1.82, 2.24) is 20.3 Å². The van der Waals surface area contributed by atoms with Crippen LogP contribution < -0.4 is 0 Å². The molecule has 4 nitrogen and oxygen atoms in total. The van der Waals surface area contributed by atoms with Crippen LogP contribution in [0.1, 0.15) is 63.6 Å². The van der Waals surface area contributed by atoms with Gasteiger partial charge in [0.15, 0.2) is 0 Å². The first-order valence-electron chi connectivity index (χ1n) is 9.44. The number of aryl methyl sites for hydroxylation is 1. The number of H-pyrrole nitrogens is 1. The van der Waals surface area contributed by atoms with Gasteiger partial charge in [-0.15, -0.1) is 5.10 Å². The van der Waals surface area contributed by atoms with Crippen molar-refractivity contribution < 1.29 is 0 Å². The van der Waals surface area contributed by atoms with E-state index in [0.717, 1.165) is 36.6 Å². The molecule has 0 amide bonds. The molecule has 0 fully saturated rings. The van der Waals surface area contributed by atoms with Gasteiger partial charge in [0.25, 0.3) is 0 Å². The molecule has 0 aliphatic rings. The lowest BCUT2D eigenvalue weighted by atomic mass is 10.1. The Morgan fingerprint density at radius 3 is 2.12 bits per heavy atom. The SMILES string of the molecule is CCCCCN(CCCCC)Cc1[nH]nnc1-c1ccc(C)cc1. The molecule has 0 atom stereocenters. The van der Waals surface area contributed by atoms with Gasteiger partial charge >= 0.3 is 0 Å². The summed E-state index contributed by atoms with van der Waals surface area (Å²) in [5, 5.41) is 11.5. The molecule has 0 saturated carbocycles. The summed E-state index contributed by atoms with van der Waals surface area (Å²) in [6.45, 7) is 9.85. The molecule has 0 bridgehead atoms. The third-order valence-corrected chi connectivity index (χ3v) is 4.48. The maximum absolute atomic E-state index is 4.33. The van der Waals surface area contributed by atoms with Gasteiger partial charge in [-0.25, -0.2) is 0 Å². The molecule has 0 spiro atoms. The average Bonchev–Trinajstić information content (AvgIpc) is 3.04. The van der Waals surface area contributed by atoms with E-state index < -0.39 is 0 Å². The minimum atomic E-state index is 0.906. The van der Waals surface area contributed by atoms with Gasteiger partial charge in [-0.05, 0) is 32.9 Å². The molecule has 0 saturated heterocycles. The maximum atomic E-state index is 4.33. The fourth-order valence-electron chi connectivity index (χ4n) is 2.97. The summed E-state index contributed by atoms with van der Waals surface area (Å²) in [5.41, 5.74) is 4.54. The van der Waals surface area contributed by atoms with Crippen LogP contribution in [0, 0.1) is 6.92 Å². The summed E-state index contributed by atoms with van der Waals surface area (Å²) in [5.74, 6) is 0. The first-order valence-corrected chi connectivity index (χ1v) is 9.44. The lowest BCUT2D eigenvalue weighted by Gasteiger charge is -2.22. The van der Waals surface area contributed by atoms with Crippen molar-refractivity contribution in [3.05, 3.63) is 35.5 Å². The number of hydrogen-bond donors (Lipinski definition) is 1. The molecular formula is C20H32N4. The van der Waals surface area contributed by atoms with Gasteiger partial charge in [0.1, 0.15) is 5.69 Å². The van der Waals surface area contributed by atoms with Crippen molar-refractivity contribution in [2.75, 3.05) is 13.1 Å². The van der Waals surface area contributed by atoms with Crippen LogP contribution in [0.3, 0.4) is 0 Å². The first-order chi connectivity index (χ1) is 11.7. The van der Waals surface area contributed by atoms with Crippen LogP contribution in [-0.4, -0.2) is 33.4 Å². The second-order valence-electron chi connectivity index (χ2n) is 6.70. The molecular weight excluding hydrogens is 296 g/mol. The molecule has 4 heteroatoms. The molecule has 0 radical (unpaired) electrons. The normalized spacial score (nSPS) is 11.3. The topological polar surface area (TPSA) is 44.8 Å². The fraction of sp³-hybridized carbons (Fsp3) is 0.600. The Labute approximate surface area is 146 Å². The summed E-state index contributed by atoms with van der Waals surface area (Å²) < 4.78 is 0. The summed E-state index contributed by atoms with van der Waals surface area (Å²) >= 11 is 0. The second-order valence-corrected chi connectivity index (χ2v) is 6.70. The summed E-state index contributed by atoms with van der Waals surface area (Å²) in [6.07, 6.45) is 7.67. The van der Waals surface area contributed by atoms with Crippen molar-refractivity contribution in [3.63, 3.8) is 0 Å². The van der Waals surface area contributed by atoms with Crippen molar-refractivity contribution in [1.29, 1.82) is 0 Å². The average molecular weight is 329 g/mol. The van der Waals surface area contributed by atoms with E-state index >= 15 is 0 Å². The fourth-order valence-corrected chi connectivity index (χ4v) is 2.97. The molecule has 0 aliphatic carbocycles. The number of aromatic amines is 1. The van der Waals surface area contributed by atoms with Crippen LogP contribution in [0.25, 0.3) is 11.3 Å². The van der Waals surface area contributed by atoms with Crippen LogP contribution >= 0.6 is 0 Å². The Morgan fingerprint density at radius 2 is 1.54 bits per heavy atom. The monoisotopic (exact) mass is 328 g/mol. The highest BCUT2D eigenvalue weighted by molar-refractivity contribution is 5.61. The Morgan fingerprint density at radius 1 is 0.917 bits per heavy atom. The lowest BCUT2D eigenvalue weighted by molar-refractivity contribution is 0.251. The predicted octanol–water partition coefficient (Wildman–Crippen LogP) is 4.96. The third-order valence-electron chi connectivity index (χ3n) is 4.48. The first kappa shape index (κ1) is 18.7. The van der Waals surface area contributed by atoms with Gasteiger partial charge in [-0.1, -0.05) is 74.6 Å². The number of aromatic nitrogens is 3. The zero-order chi connectivity index (χ0) is 17.2. The van der Waals surface area contributed by atoms with Crippen LogP contribution in [0.5, 0.6) is 0 Å². The predicted molar refractivity (Wildman–Crippen MR) is 101 cm³/mol. The molecule has 2 rings (SSSR count). The number of benzene rings is 1. The molecule has 1 N–H and O–H groups in total. The largest absolute Gasteiger partial charge is 0.297 e. The van der Waals surface area contributed by atoms with E-state index in [4.69, 9.17) is 0 Å². The van der Waals surface area contributed by atoms with E-state index in [-0.39, 0.29) is 0 Å². The minimum absolute atomic E-state index is 0.906. The minimum Gasteiger partial charge on any atom is -0.297 e. The van der Waals surface area contributed by atoms with Crippen LogP contribution in [0.2, 0.25) is 0 Å². The van der Waals surface area contributed by atoms with Crippen molar-refractivity contribution in [2.24, 2.45) is 0 Å². The molecule has 1 aromatic carbocycles. The molecule has 1 aromatic heterocycles. The highest BCUT2D eigenvalue weighted by atomic mass is 15.3. The molecule has 132 valence electrons. The highest BCUT2D eigenvalue weighted by Crippen LogP contribution is 2.21. The van der Waals surface area contributed by atoms with Gasteiger partial charge in [-0.2, -0.15) is 0 Å². The van der Waals surface area contributed by atoms with Crippen LogP contribution in [0.15, 0.2) is 24.3 Å². The van der Waals surface area contributed by atoms with Gasteiger partial charge in [0.2, 0.25) is 0 Å². The number of nitrogens with one attached hydrogen (secondary N) is 1. The number of unbranched alkanes of at least 4 members (excludes halogenated alkanes) is 4. The zero-order valence-corrected chi connectivity index (χ0v) is 15.5. The number of nitrogens with zero attached hydrogens (tertiary/aromatic N) is 3. The molecule has 2 aromatic rings. The molecule has 0 aliphatic heterocycles. The zero-order valence-electron chi connectivity index (χ0n) is 15.5. The van der Waals surface area contributed by atoms with Crippen LogP contribution in [0.4, 0.5) is 0 Å². The Hall–Kier alpha value is -1.68. The van der Waals surface area contributed by atoms with E-state index in [1.165, 1.54) is 44.1 Å². The third kappa shape index (κ3) is 5.75. The van der Waals surface area contributed by atoms with E-state index in [1.807, 2.05) is 0 Å². The highest BCUT2D eigenvalue weighted by Gasteiger charge is 2.13. The Bertz CT molecular complexity index is 564. The van der Waals surface area contributed by atoms with Gasteiger partial charge in [-0.3, -0.25) is 10.00 Å². The quantitative estimate of drug-likeness (QED) is 0.593. The summed E-state index contributed by atoms with van der Waals surface area (Å²) in [6, 6.07) is 8.53. The maximum Gasteiger partial charge on any atom is 0.117 e. The van der Waals surface area contributed by atoms with Crippen LogP contribution in [-0.2, 0) is 6.54 Å². The van der Waals surface area contributed by atoms with Gasteiger partial charge in [0.05, 0.1) is 5.69 Å². The standard InChI is InChI=1S/C20H32N4/c1-4-6-8-14-24(15-9-7-5-2)16-19-20(22-23-21-19)18-12-10-17(3)11-13-18/h10-13H,4-9,14-16H2,1-3H3,(H,21,22,23). The van der Waals surface area contributed by atoms with E-state index in [2.05, 4.69) is 65.3 Å². The van der Waals surface area contributed by atoms with Gasteiger partial charge < -0.3 is 0 Å². The molecule has 24 heavy (non-hydrogen) atoms. The summed E-state index contributed by atoms with van der Waals surface area (Å²) in [4.78, 5) is 2.55. The smallest absolute Gasteiger partial charge is 0.117 e. The summed E-state index contributed by atoms with van der Waals surface area (Å²) in [7, 11) is 0. The van der Waals surface area contributed by atoms with Crippen molar-refractivity contribution in [3.8, 4) is 11.3 Å². The lowest BCUT2D eigenvalue weighted by Crippen LogP contribution is -2.26. The molecule has 0 unspecified atom stereocenters. The second kappa shape index (κ2) is 10.2. The van der Waals surface area contributed by atoms with E-state index in [0.29, 0.717) is 0 Å². The van der Waals surface area contributed by atoms with Crippen molar-refractivity contribution >= 4 is 0 Å². The Kier molecular flexibility index (Phi) is 7.96. The number of hydrogen-bond acceptors (Lipinski definition) is 3. The Balaban J connectivity index is 2.04. The van der Waals surface area contributed by atoms with Gasteiger partial charge in [0, 0.05) is 12.1 Å². The van der Waals surface area contributed by atoms with E-state index in [1.54, 1.807) is 0 Å². The van der Waals surface area contributed by atoms with Crippen molar-refractivity contribution in [2.45, 2.75) is 65.8 Å².